The van der Waals surface area contributed by atoms with E-state index in [2.05, 4.69) is 15.0 Å². The van der Waals surface area contributed by atoms with Crippen molar-refractivity contribution in [3.8, 4) is 5.88 Å². The highest BCUT2D eigenvalue weighted by Crippen LogP contribution is 2.20. The van der Waals surface area contributed by atoms with Gasteiger partial charge in [0.2, 0.25) is 5.88 Å². The third kappa shape index (κ3) is 5.56. The van der Waals surface area contributed by atoms with E-state index in [0.29, 0.717) is 19.4 Å². The van der Waals surface area contributed by atoms with Crippen LogP contribution in [-0.2, 0) is 4.74 Å². The van der Waals surface area contributed by atoms with Gasteiger partial charge in [0, 0.05) is 19.7 Å². The van der Waals surface area contributed by atoms with Crippen LogP contribution in [0.3, 0.4) is 0 Å². The number of halogens is 3. The molecule has 8 heteroatoms. The van der Waals surface area contributed by atoms with Gasteiger partial charge in [0.25, 0.3) is 0 Å². The lowest BCUT2D eigenvalue weighted by molar-refractivity contribution is -0.154. The summed E-state index contributed by atoms with van der Waals surface area (Å²) in [5.41, 5.74) is 0.232. The standard InChI is InChI=1S/C11H13F3N2O3/c1-18-5-4-15-10-8(6-17)2-3-9(16-10)19-7-11(12,13)14/h2-3,6H,4-5,7H2,1H3,(H,15,16). The van der Waals surface area contributed by atoms with Crippen LogP contribution in [0.5, 0.6) is 5.88 Å². The molecule has 0 bridgehead atoms. The number of carbonyl (C=O) groups excluding carboxylic acids is 1. The highest BCUT2D eigenvalue weighted by Gasteiger charge is 2.28. The Morgan fingerprint density at radius 2 is 2.16 bits per heavy atom. The van der Waals surface area contributed by atoms with Crippen LogP contribution >= 0.6 is 0 Å². The van der Waals surface area contributed by atoms with Gasteiger partial charge < -0.3 is 14.8 Å². The van der Waals surface area contributed by atoms with Crippen LogP contribution in [0.4, 0.5) is 19.0 Å². The van der Waals surface area contributed by atoms with Gasteiger partial charge in [-0.3, -0.25) is 4.79 Å². The molecule has 5 nitrogen and oxygen atoms in total. The Labute approximate surface area is 107 Å². The summed E-state index contributed by atoms with van der Waals surface area (Å²) in [5, 5.41) is 2.77. The normalized spacial score (nSPS) is 11.2. The van der Waals surface area contributed by atoms with E-state index in [1.54, 1.807) is 0 Å². The summed E-state index contributed by atoms with van der Waals surface area (Å²) < 4.78 is 45.3. The van der Waals surface area contributed by atoms with Crippen LogP contribution in [0.2, 0.25) is 0 Å². The Morgan fingerprint density at radius 3 is 2.74 bits per heavy atom. The van der Waals surface area contributed by atoms with Crippen LogP contribution in [-0.4, -0.2) is 44.3 Å². The third-order valence-corrected chi connectivity index (χ3v) is 2.01. The smallest absolute Gasteiger partial charge is 0.422 e. The van der Waals surface area contributed by atoms with Crippen molar-refractivity contribution in [2.75, 3.05) is 32.2 Å². The molecule has 0 amide bonds. The van der Waals surface area contributed by atoms with Gasteiger partial charge in [-0.1, -0.05) is 0 Å². The van der Waals surface area contributed by atoms with E-state index in [1.807, 2.05) is 0 Å². The Balaban J connectivity index is 2.73. The summed E-state index contributed by atoms with van der Waals surface area (Å²) in [6.07, 6.45) is -3.88. The van der Waals surface area contributed by atoms with E-state index in [4.69, 9.17) is 4.74 Å². The van der Waals surface area contributed by atoms with Gasteiger partial charge in [-0.2, -0.15) is 18.2 Å². The lowest BCUT2D eigenvalue weighted by Crippen LogP contribution is -2.20. The monoisotopic (exact) mass is 278 g/mol. The molecule has 0 unspecified atom stereocenters. The van der Waals surface area contributed by atoms with E-state index in [9.17, 15) is 18.0 Å². The first-order chi connectivity index (χ1) is 8.96. The molecule has 0 aromatic carbocycles. The largest absolute Gasteiger partial charge is 0.468 e. The minimum Gasteiger partial charge on any atom is -0.468 e. The van der Waals surface area contributed by atoms with E-state index >= 15 is 0 Å². The maximum atomic E-state index is 12.0. The number of nitrogens with one attached hydrogen (secondary N) is 1. The average Bonchev–Trinajstić information content (AvgIpc) is 2.36. The summed E-state index contributed by atoms with van der Waals surface area (Å²) in [5.74, 6) is -0.0467. The molecular weight excluding hydrogens is 265 g/mol. The van der Waals surface area contributed by atoms with Gasteiger partial charge in [-0.05, 0) is 6.07 Å². The zero-order valence-electron chi connectivity index (χ0n) is 10.2. The van der Waals surface area contributed by atoms with Crippen LogP contribution in [0.25, 0.3) is 0 Å². The van der Waals surface area contributed by atoms with Crippen molar-refractivity contribution < 1.29 is 27.4 Å². The zero-order chi connectivity index (χ0) is 14.3. The molecule has 0 spiro atoms. The first-order valence-electron chi connectivity index (χ1n) is 5.35. The fourth-order valence-corrected chi connectivity index (χ4v) is 1.20. The Bertz CT molecular complexity index is 424. The van der Waals surface area contributed by atoms with E-state index in [0.717, 1.165) is 0 Å². The predicted octanol–water partition coefficient (Wildman–Crippen LogP) is 1.89. The number of carbonyl (C=O) groups is 1. The van der Waals surface area contributed by atoms with Gasteiger partial charge in [-0.25, -0.2) is 0 Å². The molecule has 0 aliphatic carbocycles. The number of alkyl halides is 3. The van der Waals surface area contributed by atoms with Gasteiger partial charge in [0.1, 0.15) is 5.82 Å². The third-order valence-electron chi connectivity index (χ3n) is 2.01. The topological polar surface area (TPSA) is 60.4 Å². The minimum absolute atomic E-state index is 0.159. The van der Waals surface area contributed by atoms with Crippen molar-refractivity contribution in [2.45, 2.75) is 6.18 Å². The number of aromatic nitrogens is 1. The molecule has 0 atom stereocenters. The first kappa shape index (κ1) is 15.2. The molecule has 0 fully saturated rings. The molecule has 1 N–H and O–H groups in total. The van der Waals surface area contributed by atoms with E-state index in [1.165, 1.54) is 19.2 Å². The number of aldehydes is 1. The molecule has 1 aromatic heterocycles. The summed E-state index contributed by atoms with van der Waals surface area (Å²) in [7, 11) is 1.50. The molecule has 1 aromatic rings. The zero-order valence-corrected chi connectivity index (χ0v) is 10.2. The molecule has 106 valence electrons. The van der Waals surface area contributed by atoms with E-state index < -0.39 is 12.8 Å². The summed E-state index contributed by atoms with van der Waals surface area (Å²) in [6, 6.07) is 2.54. The first-order valence-corrected chi connectivity index (χ1v) is 5.35. The summed E-state index contributed by atoms with van der Waals surface area (Å²) >= 11 is 0. The lowest BCUT2D eigenvalue weighted by atomic mass is 10.3. The van der Waals surface area contributed by atoms with Crippen molar-refractivity contribution in [1.29, 1.82) is 0 Å². The number of anilines is 1. The van der Waals surface area contributed by atoms with Crippen LogP contribution in [0.1, 0.15) is 10.4 Å². The maximum Gasteiger partial charge on any atom is 0.422 e. The van der Waals surface area contributed by atoms with Crippen LogP contribution in [0.15, 0.2) is 12.1 Å². The number of methoxy groups -OCH3 is 1. The van der Waals surface area contributed by atoms with Crippen molar-refractivity contribution in [3.63, 3.8) is 0 Å². The number of pyridine rings is 1. The van der Waals surface area contributed by atoms with Crippen molar-refractivity contribution in [3.05, 3.63) is 17.7 Å². The minimum atomic E-state index is -4.44. The lowest BCUT2D eigenvalue weighted by Gasteiger charge is -2.11. The Hall–Kier alpha value is -1.83. The summed E-state index contributed by atoms with van der Waals surface area (Å²) in [6.45, 7) is -0.696. The highest BCUT2D eigenvalue weighted by atomic mass is 19.4. The number of nitrogens with zero attached hydrogens (tertiary/aromatic N) is 1. The second-order valence-electron chi connectivity index (χ2n) is 3.53. The van der Waals surface area contributed by atoms with Crippen LogP contribution < -0.4 is 10.1 Å². The molecule has 0 aliphatic rings. The fourth-order valence-electron chi connectivity index (χ4n) is 1.20. The number of rotatable bonds is 7. The highest BCUT2D eigenvalue weighted by molar-refractivity contribution is 5.82. The van der Waals surface area contributed by atoms with Gasteiger partial charge in [0.05, 0.1) is 12.2 Å². The number of hydrogen-bond donors (Lipinski definition) is 1. The quantitative estimate of drug-likeness (QED) is 0.609. The van der Waals surface area contributed by atoms with Crippen molar-refractivity contribution in [2.24, 2.45) is 0 Å². The van der Waals surface area contributed by atoms with Gasteiger partial charge in [0.15, 0.2) is 12.9 Å². The molecule has 0 saturated carbocycles. The predicted molar refractivity (Wildman–Crippen MR) is 61.5 cm³/mol. The summed E-state index contributed by atoms with van der Waals surface area (Å²) in [4.78, 5) is 14.6. The maximum absolute atomic E-state index is 12.0. The van der Waals surface area contributed by atoms with Gasteiger partial charge in [-0.15, -0.1) is 0 Å². The molecule has 0 aliphatic heterocycles. The molecule has 0 radical (unpaired) electrons. The Kier molecular flexibility index (Phi) is 5.56. The van der Waals surface area contributed by atoms with Crippen molar-refractivity contribution >= 4 is 12.1 Å². The fraction of sp³-hybridized carbons (Fsp3) is 0.455. The van der Waals surface area contributed by atoms with Crippen molar-refractivity contribution in [1.82, 2.24) is 4.98 Å². The van der Waals surface area contributed by atoms with E-state index in [-0.39, 0.29) is 17.3 Å². The second kappa shape index (κ2) is 6.93. The molecular formula is C11H13F3N2O3. The second-order valence-corrected chi connectivity index (χ2v) is 3.53. The number of ether oxygens (including phenoxy) is 2. The van der Waals surface area contributed by atoms with Crippen LogP contribution in [0, 0.1) is 0 Å². The number of hydrogen-bond acceptors (Lipinski definition) is 5. The SMILES string of the molecule is COCCNc1nc(OCC(F)(F)F)ccc1C=O. The Morgan fingerprint density at radius 1 is 1.42 bits per heavy atom. The molecule has 1 rings (SSSR count). The molecule has 0 saturated heterocycles. The molecule has 1 heterocycles. The van der Waals surface area contributed by atoms with Gasteiger partial charge >= 0.3 is 6.18 Å². The average molecular weight is 278 g/mol. The molecule has 19 heavy (non-hydrogen) atoms.